The number of hydrogen-bond donors (Lipinski definition) is 2. The first-order valence-electron chi connectivity index (χ1n) is 4.25. The number of alkyl halides is 2. The molecule has 8 heteroatoms. The van der Waals surface area contributed by atoms with Crippen LogP contribution in [-0.4, -0.2) is 29.3 Å². The Morgan fingerprint density at radius 1 is 1.69 bits per heavy atom. The maximum Gasteiger partial charge on any atom is 0.245 e. The standard InChI is InChI=1S/C8H10BrFN2O3S/c1-6(10)8(9,13)12-16(14,15)7-3-2-4-11-5-7/h2-6,12-13H,1H3. The molecule has 1 heterocycles. The van der Waals surface area contributed by atoms with Gasteiger partial charge in [0.25, 0.3) is 0 Å². The highest BCUT2D eigenvalue weighted by molar-refractivity contribution is 9.10. The van der Waals surface area contributed by atoms with E-state index in [9.17, 15) is 17.9 Å². The molecule has 0 aromatic carbocycles. The van der Waals surface area contributed by atoms with Crippen molar-refractivity contribution in [1.82, 2.24) is 9.71 Å². The van der Waals surface area contributed by atoms with Crippen LogP contribution in [0.3, 0.4) is 0 Å². The van der Waals surface area contributed by atoms with E-state index in [-0.39, 0.29) is 4.90 Å². The fourth-order valence-corrected chi connectivity index (χ4v) is 2.59. The smallest absolute Gasteiger partial charge is 0.245 e. The molecule has 1 aromatic rings. The summed E-state index contributed by atoms with van der Waals surface area (Å²) in [6.45, 7) is 1.01. The summed E-state index contributed by atoms with van der Waals surface area (Å²) in [6, 6.07) is 2.70. The zero-order chi connectivity index (χ0) is 12.4. The van der Waals surface area contributed by atoms with E-state index in [2.05, 4.69) is 20.9 Å². The van der Waals surface area contributed by atoms with Gasteiger partial charge in [-0.05, 0) is 35.0 Å². The Kier molecular flexibility index (Phi) is 4.00. The van der Waals surface area contributed by atoms with Gasteiger partial charge in [0.2, 0.25) is 14.7 Å². The number of sulfonamides is 1. The van der Waals surface area contributed by atoms with E-state index < -0.39 is 20.8 Å². The van der Waals surface area contributed by atoms with Crippen molar-refractivity contribution in [3.8, 4) is 0 Å². The normalized spacial score (nSPS) is 17.8. The molecule has 0 spiro atoms. The van der Waals surface area contributed by atoms with Gasteiger partial charge in [-0.2, -0.15) is 4.72 Å². The predicted octanol–water partition coefficient (Wildman–Crippen LogP) is 0.759. The van der Waals surface area contributed by atoms with Gasteiger partial charge in [-0.3, -0.25) is 4.98 Å². The molecule has 90 valence electrons. The molecule has 16 heavy (non-hydrogen) atoms. The van der Waals surface area contributed by atoms with Gasteiger partial charge >= 0.3 is 0 Å². The Bertz CT molecular complexity index is 450. The molecule has 1 rings (SSSR count). The molecule has 2 unspecified atom stereocenters. The zero-order valence-corrected chi connectivity index (χ0v) is 10.7. The van der Waals surface area contributed by atoms with E-state index in [1.807, 2.05) is 0 Å². The van der Waals surface area contributed by atoms with E-state index >= 15 is 0 Å². The van der Waals surface area contributed by atoms with Crippen LogP contribution in [0.25, 0.3) is 0 Å². The van der Waals surface area contributed by atoms with Crippen LogP contribution in [-0.2, 0) is 10.0 Å². The fourth-order valence-electron chi connectivity index (χ4n) is 0.835. The first kappa shape index (κ1) is 13.5. The number of pyridine rings is 1. The van der Waals surface area contributed by atoms with Crippen LogP contribution in [0.2, 0.25) is 0 Å². The van der Waals surface area contributed by atoms with Crippen LogP contribution < -0.4 is 4.72 Å². The number of rotatable bonds is 4. The maximum atomic E-state index is 12.9. The molecule has 0 aliphatic heterocycles. The highest BCUT2D eigenvalue weighted by Gasteiger charge is 2.36. The second-order valence-electron chi connectivity index (χ2n) is 3.08. The lowest BCUT2D eigenvalue weighted by molar-refractivity contribution is 0.0527. The number of aromatic nitrogens is 1. The van der Waals surface area contributed by atoms with Crippen molar-refractivity contribution in [2.24, 2.45) is 0 Å². The van der Waals surface area contributed by atoms with Gasteiger partial charge in [-0.25, -0.2) is 12.8 Å². The zero-order valence-electron chi connectivity index (χ0n) is 8.26. The van der Waals surface area contributed by atoms with Gasteiger partial charge < -0.3 is 5.11 Å². The third kappa shape index (κ3) is 3.21. The van der Waals surface area contributed by atoms with Crippen LogP contribution in [0.4, 0.5) is 4.39 Å². The second-order valence-corrected chi connectivity index (χ2v) is 5.97. The van der Waals surface area contributed by atoms with Gasteiger partial charge in [-0.15, -0.1) is 0 Å². The van der Waals surface area contributed by atoms with E-state index in [4.69, 9.17) is 0 Å². The van der Waals surface area contributed by atoms with E-state index in [0.717, 1.165) is 13.1 Å². The first-order valence-corrected chi connectivity index (χ1v) is 6.52. The lowest BCUT2D eigenvalue weighted by Crippen LogP contribution is -2.49. The minimum atomic E-state index is -4.01. The molecule has 0 bridgehead atoms. The molecule has 2 N–H and O–H groups in total. The summed E-state index contributed by atoms with van der Waals surface area (Å²) in [5.41, 5.74) is 0. The monoisotopic (exact) mass is 312 g/mol. The van der Waals surface area contributed by atoms with Crippen molar-refractivity contribution in [1.29, 1.82) is 0 Å². The van der Waals surface area contributed by atoms with Crippen molar-refractivity contribution in [3.05, 3.63) is 24.5 Å². The van der Waals surface area contributed by atoms with Crippen molar-refractivity contribution in [3.63, 3.8) is 0 Å². The van der Waals surface area contributed by atoms with Crippen molar-refractivity contribution < 1.29 is 17.9 Å². The molecular formula is C8H10BrFN2O3S. The number of nitrogens with zero attached hydrogens (tertiary/aromatic N) is 1. The largest absolute Gasteiger partial charge is 0.363 e. The summed E-state index contributed by atoms with van der Waals surface area (Å²) >= 11 is 2.55. The van der Waals surface area contributed by atoms with Crippen molar-refractivity contribution in [2.45, 2.75) is 22.6 Å². The third-order valence-corrected chi connectivity index (χ3v) is 4.28. The molecule has 0 saturated carbocycles. The van der Waals surface area contributed by atoms with Crippen LogP contribution in [0.1, 0.15) is 6.92 Å². The molecule has 1 aromatic heterocycles. The molecule has 2 atom stereocenters. The van der Waals surface area contributed by atoms with Gasteiger partial charge in [0.05, 0.1) is 0 Å². The van der Waals surface area contributed by atoms with Crippen LogP contribution >= 0.6 is 15.9 Å². The summed E-state index contributed by atoms with van der Waals surface area (Å²) in [5, 5.41) is 9.42. The Balaban J connectivity index is 2.98. The minimum Gasteiger partial charge on any atom is -0.363 e. The molecule has 5 nitrogen and oxygen atoms in total. The summed E-state index contributed by atoms with van der Waals surface area (Å²) < 4.78 is 35.6. The SMILES string of the molecule is CC(F)C(O)(Br)NS(=O)(=O)c1cccnc1. The van der Waals surface area contributed by atoms with Gasteiger partial charge in [0.1, 0.15) is 4.90 Å². The van der Waals surface area contributed by atoms with Gasteiger partial charge in [-0.1, -0.05) is 0 Å². The summed E-state index contributed by atoms with van der Waals surface area (Å²) in [6.07, 6.45) is 0.671. The maximum absolute atomic E-state index is 12.9. The van der Waals surface area contributed by atoms with E-state index in [1.54, 1.807) is 4.72 Å². The van der Waals surface area contributed by atoms with Crippen molar-refractivity contribution >= 4 is 26.0 Å². The fraction of sp³-hybridized carbons (Fsp3) is 0.375. The van der Waals surface area contributed by atoms with Crippen LogP contribution in [0.5, 0.6) is 0 Å². The molecule has 0 saturated heterocycles. The Labute approximate surface area is 101 Å². The highest BCUT2D eigenvalue weighted by Crippen LogP contribution is 2.21. The summed E-state index contributed by atoms with van der Waals surface area (Å²) in [4.78, 5) is 3.46. The van der Waals surface area contributed by atoms with Crippen LogP contribution in [0, 0.1) is 0 Å². The highest BCUT2D eigenvalue weighted by atomic mass is 79.9. The van der Waals surface area contributed by atoms with E-state index in [1.165, 1.54) is 18.3 Å². The number of halogens is 2. The molecule has 0 aliphatic rings. The average molecular weight is 313 g/mol. The number of aliphatic hydroxyl groups is 1. The Morgan fingerprint density at radius 3 is 2.75 bits per heavy atom. The van der Waals surface area contributed by atoms with Crippen molar-refractivity contribution in [2.75, 3.05) is 0 Å². The number of hydrogen-bond acceptors (Lipinski definition) is 4. The van der Waals surface area contributed by atoms with E-state index in [0.29, 0.717) is 0 Å². The third-order valence-electron chi connectivity index (χ3n) is 1.75. The van der Waals surface area contributed by atoms with Crippen LogP contribution in [0.15, 0.2) is 29.4 Å². The topological polar surface area (TPSA) is 79.3 Å². The molecule has 0 aliphatic carbocycles. The average Bonchev–Trinajstić information content (AvgIpc) is 2.17. The first-order chi connectivity index (χ1) is 7.26. The molecule has 0 radical (unpaired) electrons. The molecule has 0 amide bonds. The van der Waals surface area contributed by atoms with Gasteiger partial charge in [0, 0.05) is 12.4 Å². The van der Waals surface area contributed by atoms with Gasteiger partial charge in [0.15, 0.2) is 6.17 Å². The Hall–Kier alpha value is -0.570. The lowest BCUT2D eigenvalue weighted by Gasteiger charge is -2.23. The summed E-state index contributed by atoms with van der Waals surface area (Å²) in [7, 11) is -4.01. The minimum absolute atomic E-state index is 0.159. The lowest BCUT2D eigenvalue weighted by atomic mass is 10.4. The molecule has 0 fully saturated rings. The predicted molar refractivity (Wildman–Crippen MR) is 59.0 cm³/mol. The molecular weight excluding hydrogens is 303 g/mol. The second kappa shape index (κ2) is 4.74. The number of nitrogens with one attached hydrogen (secondary N) is 1. The Morgan fingerprint density at radius 2 is 2.31 bits per heavy atom. The summed E-state index contributed by atoms with van der Waals surface area (Å²) in [5.74, 6) is 0. The quantitative estimate of drug-likeness (QED) is 0.489.